The first kappa shape index (κ1) is 14.0. The van der Waals surface area contributed by atoms with Gasteiger partial charge in [0.15, 0.2) is 0 Å². The molecule has 1 N–H and O–H groups in total. The van der Waals surface area contributed by atoms with Crippen molar-refractivity contribution in [3.63, 3.8) is 0 Å². The Labute approximate surface area is 114 Å². The minimum absolute atomic E-state index is 0.180. The van der Waals surface area contributed by atoms with Gasteiger partial charge in [0.2, 0.25) is 0 Å². The van der Waals surface area contributed by atoms with Gasteiger partial charge in [0, 0.05) is 18.2 Å². The molecule has 0 saturated heterocycles. The van der Waals surface area contributed by atoms with E-state index in [2.05, 4.69) is 4.98 Å². The van der Waals surface area contributed by atoms with Crippen molar-refractivity contribution in [3.05, 3.63) is 41.6 Å². The van der Waals surface area contributed by atoms with Crippen LogP contribution in [-0.4, -0.2) is 23.3 Å². The summed E-state index contributed by atoms with van der Waals surface area (Å²) in [6.45, 7) is 3.99. The number of methoxy groups -OCH3 is 1. The second-order valence-corrected chi connectivity index (χ2v) is 5.04. The largest absolute Gasteiger partial charge is 0.388 e. The molecular formula is C16H21NO2. The lowest BCUT2D eigenvalue weighted by atomic mass is 10.0. The molecule has 1 aromatic carbocycles. The molecule has 0 spiro atoms. The number of hydrogen-bond donors (Lipinski definition) is 1. The molecule has 0 fully saturated rings. The molecule has 0 radical (unpaired) electrons. The van der Waals surface area contributed by atoms with E-state index >= 15 is 0 Å². The molecule has 1 heterocycles. The molecule has 1 aromatic heterocycles. The predicted molar refractivity (Wildman–Crippen MR) is 77.1 cm³/mol. The Bertz CT molecular complexity index is 553. The van der Waals surface area contributed by atoms with Gasteiger partial charge in [-0.15, -0.1) is 0 Å². The smallest absolute Gasteiger partial charge is 0.0791 e. The van der Waals surface area contributed by atoms with Gasteiger partial charge in [0.1, 0.15) is 0 Å². The Balaban J connectivity index is 2.14. The molecule has 2 unspecified atom stereocenters. The van der Waals surface area contributed by atoms with E-state index in [1.54, 1.807) is 7.11 Å². The summed E-state index contributed by atoms with van der Waals surface area (Å²) >= 11 is 0. The highest BCUT2D eigenvalue weighted by atomic mass is 16.5. The van der Waals surface area contributed by atoms with Crippen LogP contribution in [0.25, 0.3) is 10.9 Å². The maximum atomic E-state index is 10.2. The van der Waals surface area contributed by atoms with Crippen molar-refractivity contribution in [2.24, 2.45) is 0 Å². The third-order valence-electron chi connectivity index (χ3n) is 3.49. The molecule has 0 amide bonds. The second kappa shape index (κ2) is 6.13. The van der Waals surface area contributed by atoms with Gasteiger partial charge in [-0.2, -0.15) is 0 Å². The average Bonchev–Trinajstić information content (AvgIpc) is 2.43. The molecule has 2 aromatic rings. The van der Waals surface area contributed by atoms with Crippen LogP contribution in [0, 0.1) is 6.92 Å². The summed E-state index contributed by atoms with van der Waals surface area (Å²) < 4.78 is 5.20. The Morgan fingerprint density at radius 2 is 2.00 bits per heavy atom. The number of aryl methyl sites for hydroxylation is 1. The maximum Gasteiger partial charge on any atom is 0.0791 e. The van der Waals surface area contributed by atoms with Crippen molar-refractivity contribution in [1.29, 1.82) is 0 Å². The van der Waals surface area contributed by atoms with Gasteiger partial charge < -0.3 is 9.84 Å². The zero-order valence-electron chi connectivity index (χ0n) is 11.8. The van der Waals surface area contributed by atoms with Gasteiger partial charge >= 0.3 is 0 Å². The standard InChI is InChI=1S/C16H21NO2/c1-11-4-6-13-10-14(7-8-15(13)17-11)16(18)9-5-12(2)19-3/h4,6-8,10,12,16,18H,5,9H2,1-3H3. The summed E-state index contributed by atoms with van der Waals surface area (Å²) in [6.07, 6.45) is 1.30. The van der Waals surface area contributed by atoms with Gasteiger partial charge in [-0.1, -0.05) is 12.1 Å². The van der Waals surface area contributed by atoms with Crippen molar-refractivity contribution in [1.82, 2.24) is 4.98 Å². The monoisotopic (exact) mass is 259 g/mol. The third kappa shape index (κ3) is 3.52. The molecule has 2 rings (SSSR count). The number of aromatic nitrogens is 1. The molecule has 0 aliphatic heterocycles. The molecule has 2 atom stereocenters. The molecule has 0 bridgehead atoms. The van der Waals surface area contributed by atoms with E-state index in [9.17, 15) is 5.11 Å². The lowest BCUT2D eigenvalue weighted by molar-refractivity contribution is 0.0851. The van der Waals surface area contributed by atoms with Crippen LogP contribution in [0.5, 0.6) is 0 Å². The zero-order chi connectivity index (χ0) is 13.8. The van der Waals surface area contributed by atoms with E-state index in [4.69, 9.17) is 4.74 Å². The van der Waals surface area contributed by atoms with Gasteiger partial charge in [0.05, 0.1) is 17.7 Å². The second-order valence-electron chi connectivity index (χ2n) is 5.04. The van der Waals surface area contributed by atoms with Crippen LogP contribution in [0.2, 0.25) is 0 Å². The Morgan fingerprint density at radius 1 is 1.21 bits per heavy atom. The summed E-state index contributed by atoms with van der Waals surface area (Å²) in [7, 11) is 1.70. The van der Waals surface area contributed by atoms with Crippen LogP contribution in [0.15, 0.2) is 30.3 Å². The molecular weight excluding hydrogens is 238 g/mol. The van der Waals surface area contributed by atoms with Crippen molar-refractivity contribution in [2.75, 3.05) is 7.11 Å². The van der Waals surface area contributed by atoms with Crippen molar-refractivity contribution in [2.45, 2.75) is 38.9 Å². The zero-order valence-corrected chi connectivity index (χ0v) is 11.8. The molecule has 102 valence electrons. The Kier molecular flexibility index (Phi) is 4.51. The van der Waals surface area contributed by atoms with Crippen LogP contribution in [0.3, 0.4) is 0 Å². The highest BCUT2D eigenvalue weighted by Crippen LogP contribution is 2.23. The minimum atomic E-state index is -0.441. The molecule has 3 nitrogen and oxygen atoms in total. The topological polar surface area (TPSA) is 42.4 Å². The summed E-state index contributed by atoms with van der Waals surface area (Å²) in [5.74, 6) is 0. The normalized spacial score (nSPS) is 14.5. The summed E-state index contributed by atoms with van der Waals surface area (Å²) in [5, 5.41) is 11.3. The van der Waals surface area contributed by atoms with Crippen LogP contribution in [0.4, 0.5) is 0 Å². The summed E-state index contributed by atoms with van der Waals surface area (Å²) in [5.41, 5.74) is 2.93. The lowest BCUT2D eigenvalue weighted by Gasteiger charge is -2.14. The van der Waals surface area contributed by atoms with E-state index in [0.29, 0.717) is 6.42 Å². The van der Waals surface area contributed by atoms with Crippen molar-refractivity contribution >= 4 is 10.9 Å². The quantitative estimate of drug-likeness (QED) is 0.895. The summed E-state index contributed by atoms with van der Waals surface area (Å²) in [6, 6.07) is 9.98. The molecule has 3 heteroatoms. The van der Waals surface area contributed by atoms with Crippen LogP contribution in [-0.2, 0) is 4.74 Å². The van der Waals surface area contributed by atoms with Gasteiger partial charge in [-0.25, -0.2) is 0 Å². The van der Waals surface area contributed by atoms with Crippen LogP contribution < -0.4 is 0 Å². The van der Waals surface area contributed by atoms with Crippen LogP contribution in [0.1, 0.15) is 37.1 Å². The van der Waals surface area contributed by atoms with Crippen molar-refractivity contribution in [3.8, 4) is 0 Å². The first-order chi connectivity index (χ1) is 9.10. The van der Waals surface area contributed by atoms with E-state index in [1.165, 1.54) is 0 Å². The van der Waals surface area contributed by atoms with Crippen LogP contribution >= 0.6 is 0 Å². The SMILES string of the molecule is COC(C)CCC(O)c1ccc2nc(C)ccc2c1. The lowest BCUT2D eigenvalue weighted by Crippen LogP contribution is -2.07. The van der Waals surface area contributed by atoms with Crippen molar-refractivity contribution < 1.29 is 9.84 Å². The Hall–Kier alpha value is -1.45. The van der Waals surface area contributed by atoms with E-state index < -0.39 is 6.10 Å². The highest BCUT2D eigenvalue weighted by molar-refractivity contribution is 5.79. The van der Waals surface area contributed by atoms with Gasteiger partial charge in [-0.3, -0.25) is 4.98 Å². The average molecular weight is 259 g/mol. The number of hydrogen-bond acceptors (Lipinski definition) is 3. The maximum absolute atomic E-state index is 10.2. The first-order valence-electron chi connectivity index (χ1n) is 6.68. The summed E-state index contributed by atoms with van der Waals surface area (Å²) in [4.78, 5) is 4.46. The number of ether oxygens (including phenoxy) is 1. The van der Waals surface area contributed by atoms with Gasteiger partial charge in [0.25, 0.3) is 0 Å². The number of nitrogens with zero attached hydrogens (tertiary/aromatic N) is 1. The van der Waals surface area contributed by atoms with E-state index in [-0.39, 0.29) is 6.10 Å². The van der Waals surface area contributed by atoms with E-state index in [1.807, 2.05) is 44.2 Å². The fourth-order valence-electron chi connectivity index (χ4n) is 2.13. The molecule has 0 aliphatic carbocycles. The predicted octanol–water partition coefficient (Wildman–Crippen LogP) is 3.39. The number of aliphatic hydroxyl groups excluding tert-OH is 1. The molecule has 0 aliphatic rings. The number of aliphatic hydroxyl groups is 1. The molecule has 0 saturated carbocycles. The minimum Gasteiger partial charge on any atom is -0.388 e. The van der Waals surface area contributed by atoms with E-state index in [0.717, 1.165) is 28.6 Å². The number of pyridine rings is 1. The fourth-order valence-corrected chi connectivity index (χ4v) is 2.13. The third-order valence-corrected chi connectivity index (χ3v) is 3.49. The van der Waals surface area contributed by atoms with Gasteiger partial charge in [-0.05, 0) is 50.5 Å². The number of fused-ring (bicyclic) bond motifs is 1. The number of benzene rings is 1. The number of rotatable bonds is 5. The fraction of sp³-hybridized carbons (Fsp3) is 0.438. The first-order valence-corrected chi connectivity index (χ1v) is 6.68. The Morgan fingerprint density at radius 3 is 2.74 bits per heavy atom. The molecule has 19 heavy (non-hydrogen) atoms. The highest BCUT2D eigenvalue weighted by Gasteiger charge is 2.10.